The quantitative estimate of drug-likeness (QED) is 0.699. The van der Waals surface area contributed by atoms with Crippen LogP contribution in [-0.2, 0) is 21.3 Å². The van der Waals surface area contributed by atoms with Gasteiger partial charge in [0.05, 0.1) is 19.2 Å². The predicted molar refractivity (Wildman–Crippen MR) is 108 cm³/mol. The molecule has 0 atom stereocenters. The molecule has 0 saturated carbocycles. The third-order valence-electron chi connectivity index (χ3n) is 4.56. The molecule has 8 nitrogen and oxygen atoms in total. The zero-order chi connectivity index (χ0) is 21.4. The van der Waals surface area contributed by atoms with E-state index in [0.717, 1.165) is 3.97 Å². The first kappa shape index (κ1) is 20.7. The first-order chi connectivity index (χ1) is 13.6. The maximum absolute atomic E-state index is 13.2. The summed E-state index contributed by atoms with van der Waals surface area (Å²) in [5.74, 6) is -0.0644. The van der Waals surface area contributed by atoms with Crippen LogP contribution in [0.2, 0.25) is 0 Å². The Hall–Kier alpha value is -3.07. The van der Waals surface area contributed by atoms with Crippen molar-refractivity contribution in [1.82, 2.24) is 13.9 Å². The number of benzene rings is 1. The Morgan fingerprint density at radius 1 is 1.28 bits per heavy atom. The van der Waals surface area contributed by atoms with Crippen LogP contribution in [0.4, 0.5) is 4.79 Å². The fraction of sp³-hybridized carbons (Fsp3) is 0.300. The first-order valence-electron chi connectivity index (χ1n) is 8.90. The molecule has 3 rings (SSSR count). The van der Waals surface area contributed by atoms with Gasteiger partial charge in [0.15, 0.2) is 0 Å². The number of phenolic OH excluding ortho intramolecular Hbond substituents is 1. The van der Waals surface area contributed by atoms with E-state index >= 15 is 0 Å². The monoisotopic (exact) mass is 417 g/mol. The van der Waals surface area contributed by atoms with Gasteiger partial charge in [-0.05, 0) is 50.6 Å². The minimum Gasteiger partial charge on any atom is -0.508 e. The summed E-state index contributed by atoms with van der Waals surface area (Å²) < 4.78 is 32.4. The summed E-state index contributed by atoms with van der Waals surface area (Å²) in [6.45, 7) is 5.72. The molecule has 2 aromatic heterocycles. The Kier molecular flexibility index (Phi) is 5.27. The smallest absolute Gasteiger partial charge is 0.410 e. The van der Waals surface area contributed by atoms with E-state index in [1.54, 1.807) is 6.07 Å². The Morgan fingerprint density at radius 3 is 2.59 bits per heavy atom. The summed E-state index contributed by atoms with van der Waals surface area (Å²) in [6.07, 6.45) is 3.70. The number of fused-ring (bicyclic) bond motifs is 1. The van der Waals surface area contributed by atoms with Gasteiger partial charge in [-0.1, -0.05) is 0 Å². The number of phenols is 1. The third-order valence-corrected chi connectivity index (χ3v) is 6.22. The van der Waals surface area contributed by atoms with Crippen LogP contribution >= 0.6 is 0 Å². The number of rotatable bonds is 4. The molecule has 1 aromatic carbocycles. The number of aromatic hydroxyl groups is 1. The molecule has 0 fully saturated rings. The van der Waals surface area contributed by atoms with E-state index in [0.29, 0.717) is 16.5 Å². The molecular weight excluding hydrogens is 394 g/mol. The van der Waals surface area contributed by atoms with Crippen molar-refractivity contribution in [3.63, 3.8) is 0 Å². The van der Waals surface area contributed by atoms with E-state index in [1.807, 2.05) is 20.8 Å². The van der Waals surface area contributed by atoms with Crippen molar-refractivity contribution >= 4 is 27.0 Å². The van der Waals surface area contributed by atoms with E-state index in [9.17, 15) is 18.3 Å². The zero-order valence-corrected chi connectivity index (χ0v) is 17.5. The number of hydrogen-bond donors (Lipinski definition) is 1. The van der Waals surface area contributed by atoms with Gasteiger partial charge >= 0.3 is 6.09 Å². The number of ether oxygens (including phenoxy) is 1. The molecule has 0 saturated heterocycles. The van der Waals surface area contributed by atoms with Gasteiger partial charge in [0, 0.05) is 35.6 Å². The number of pyridine rings is 1. The van der Waals surface area contributed by atoms with Gasteiger partial charge in [-0.15, -0.1) is 0 Å². The molecule has 0 spiro atoms. The minimum atomic E-state index is -3.95. The van der Waals surface area contributed by atoms with Gasteiger partial charge in [-0.25, -0.2) is 17.2 Å². The van der Waals surface area contributed by atoms with Crippen molar-refractivity contribution in [3.8, 4) is 5.75 Å². The van der Waals surface area contributed by atoms with Crippen molar-refractivity contribution in [3.05, 3.63) is 54.5 Å². The Morgan fingerprint density at radius 2 is 2.00 bits per heavy atom. The van der Waals surface area contributed by atoms with Gasteiger partial charge < -0.3 is 9.84 Å². The Labute approximate surface area is 169 Å². The number of aromatic nitrogens is 2. The third kappa shape index (κ3) is 3.91. The lowest BCUT2D eigenvalue weighted by atomic mass is 10.0. The molecule has 154 valence electrons. The molecule has 0 bridgehead atoms. The predicted octanol–water partition coefficient (Wildman–Crippen LogP) is 3.35. The number of carbonyl (C=O) groups excluding carboxylic acids is 1. The highest BCUT2D eigenvalue weighted by Gasteiger charge is 2.30. The SMILES string of the molecule is COC(=O)N(Cc1cn(S(=O)(=O)c2cccnc2)c2cc(O)ccc12)C(C)(C)C. The van der Waals surface area contributed by atoms with Gasteiger partial charge in [0.1, 0.15) is 10.6 Å². The van der Waals surface area contributed by atoms with Crippen molar-refractivity contribution in [1.29, 1.82) is 0 Å². The summed E-state index contributed by atoms with van der Waals surface area (Å²) in [5, 5.41) is 10.5. The zero-order valence-electron chi connectivity index (χ0n) is 16.7. The maximum Gasteiger partial charge on any atom is 0.410 e. The highest BCUT2D eigenvalue weighted by molar-refractivity contribution is 7.90. The number of carbonyl (C=O) groups is 1. The number of hydrogen-bond acceptors (Lipinski definition) is 6. The summed E-state index contributed by atoms with van der Waals surface area (Å²) in [4.78, 5) is 17.7. The average Bonchev–Trinajstić information content (AvgIpc) is 3.03. The number of methoxy groups -OCH3 is 1. The maximum atomic E-state index is 13.2. The van der Waals surface area contributed by atoms with Gasteiger partial charge in [0.2, 0.25) is 0 Å². The van der Waals surface area contributed by atoms with Crippen LogP contribution in [-0.4, -0.2) is 46.1 Å². The first-order valence-corrected chi connectivity index (χ1v) is 10.3. The minimum absolute atomic E-state index is 0.0208. The van der Waals surface area contributed by atoms with E-state index in [1.165, 1.54) is 54.9 Å². The molecule has 9 heteroatoms. The molecule has 3 aromatic rings. The molecule has 0 aliphatic heterocycles. The van der Waals surface area contributed by atoms with Crippen molar-refractivity contribution in [2.75, 3.05) is 7.11 Å². The largest absolute Gasteiger partial charge is 0.508 e. The van der Waals surface area contributed by atoms with Crippen LogP contribution in [0.1, 0.15) is 26.3 Å². The summed E-state index contributed by atoms with van der Waals surface area (Å²) in [6, 6.07) is 7.48. The van der Waals surface area contributed by atoms with Crippen LogP contribution in [0.25, 0.3) is 10.9 Å². The molecule has 1 amide bonds. The molecule has 29 heavy (non-hydrogen) atoms. The average molecular weight is 417 g/mol. The number of nitrogens with zero attached hydrogens (tertiary/aromatic N) is 3. The Bertz CT molecular complexity index is 1150. The van der Waals surface area contributed by atoms with Crippen LogP contribution in [0, 0.1) is 0 Å². The summed E-state index contributed by atoms with van der Waals surface area (Å²) >= 11 is 0. The fourth-order valence-corrected chi connectivity index (χ4v) is 4.40. The van der Waals surface area contributed by atoms with E-state index in [-0.39, 0.29) is 17.2 Å². The highest BCUT2D eigenvalue weighted by Crippen LogP contribution is 2.31. The molecule has 0 unspecified atom stereocenters. The molecule has 2 heterocycles. The van der Waals surface area contributed by atoms with Crippen LogP contribution < -0.4 is 0 Å². The Balaban J connectivity index is 2.20. The van der Waals surface area contributed by atoms with Crippen LogP contribution in [0.3, 0.4) is 0 Å². The normalized spacial score (nSPS) is 12.1. The van der Waals surface area contributed by atoms with Crippen molar-refractivity contribution in [2.45, 2.75) is 37.8 Å². The molecular formula is C20H23N3O5S. The van der Waals surface area contributed by atoms with E-state index in [4.69, 9.17) is 4.74 Å². The van der Waals surface area contributed by atoms with Crippen molar-refractivity contribution in [2.24, 2.45) is 0 Å². The van der Waals surface area contributed by atoms with Crippen LogP contribution in [0.15, 0.2) is 53.8 Å². The lowest BCUT2D eigenvalue weighted by Crippen LogP contribution is -2.44. The second-order valence-corrected chi connectivity index (χ2v) is 9.39. The molecule has 0 aliphatic rings. The molecule has 0 aliphatic carbocycles. The molecule has 1 N–H and O–H groups in total. The fourth-order valence-electron chi connectivity index (χ4n) is 3.05. The van der Waals surface area contributed by atoms with Gasteiger partial charge in [0.25, 0.3) is 10.0 Å². The van der Waals surface area contributed by atoms with Gasteiger partial charge in [-0.2, -0.15) is 0 Å². The number of amides is 1. The lowest BCUT2D eigenvalue weighted by Gasteiger charge is -2.34. The lowest BCUT2D eigenvalue weighted by molar-refractivity contribution is 0.0795. The van der Waals surface area contributed by atoms with E-state index in [2.05, 4.69) is 4.98 Å². The topological polar surface area (TPSA) is 102 Å². The highest BCUT2D eigenvalue weighted by atomic mass is 32.2. The van der Waals surface area contributed by atoms with Crippen LogP contribution in [0.5, 0.6) is 5.75 Å². The van der Waals surface area contributed by atoms with Crippen molar-refractivity contribution < 1.29 is 23.1 Å². The molecule has 0 radical (unpaired) electrons. The van der Waals surface area contributed by atoms with Gasteiger partial charge in [-0.3, -0.25) is 9.88 Å². The second kappa shape index (κ2) is 7.40. The standard InChI is InChI=1S/C20H23N3O5S/c1-20(2,3)22(19(25)28-4)12-14-13-23(18-10-15(24)7-8-17(14)18)29(26,27)16-6-5-9-21-11-16/h5-11,13,24H,12H2,1-4H3. The summed E-state index contributed by atoms with van der Waals surface area (Å²) in [7, 11) is -2.65. The second-order valence-electron chi connectivity index (χ2n) is 7.57. The summed E-state index contributed by atoms with van der Waals surface area (Å²) in [5.41, 5.74) is 0.357. The van der Waals surface area contributed by atoms with E-state index < -0.39 is 21.7 Å².